The summed E-state index contributed by atoms with van der Waals surface area (Å²) in [6.45, 7) is 0. The molecule has 2 saturated heterocycles. The molecule has 2 bridgehead atoms. The lowest BCUT2D eigenvalue weighted by atomic mass is 9.89. The number of carbonyl (C=O) groups is 2. The Morgan fingerprint density at radius 1 is 1.24 bits per heavy atom. The number of fused-ring (bicyclic) bond motifs is 2. The molecule has 2 unspecified atom stereocenters. The molecule has 1 aromatic heterocycles. The van der Waals surface area contributed by atoms with Gasteiger partial charge in [-0.2, -0.15) is 0 Å². The Morgan fingerprint density at radius 2 is 1.95 bits per heavy atom. The van der Waals surface area contributed by atoms with Gasteiger partial charge in [0.05, 0.1) is 5.54 Å². The third-order valence-electron chi connectivity index (χ3n) is 3.92. The summed E-state index contributed by atoms with van der Waals surface area (Å²) in [5, 5.41) is 21.6. The second-order valence-electron chi connectivity index (χ2n) is 5.34. The molecule has 2 aliphatic heterocycles. The summed E-state index contributed by atoms with van der Waals surface area (Å²) in [4.78, 5) is 20.7. The maximum Gasteiger partial charge on any atom is 0.328 e. The number of aliphatic carboxylic acids is 2. The van der Waals surface area contributed by atoms with Crippen LogP contribution in [0.4, 0.5) is 0 Å². The van der Waals surface area contributed by atoms with E-state index in [-0.39, 0.29) is 0 Å². The van der Waals surface area contributed by atoms with Gasteiger partial charge in [-0.25, -0.2) is 9.59 Å². The fraction of sp³-hybridized carbons (Fsp3) is 0.467. The van der Waals surface area contributed by atoms with Crippen LogP contribution < -0.4 is 5.32 Å². The van der Waals surface area contributed by atoms with Crippen molar-refractivity contribution in [2.24, 2.45) is 0 Å². The maximum atomic E-state index is 9.55. The molecule has 114 valence electrons. The number of carboxylic acid groups (broad SMARTS) is 2. The van der Waals surface area contributed by atoms with E-state index < -0.39 is 11.9 Å². The Morgan fingerprint density at radius 3 is 2.52 bits per heavy atom. The third kappa shape index (κ3) is 4.15. The molecule has 2 aliphatic rings. The van der Waals surface area contributed by atoms with Crippen molar-refractivity contribution in [3.63, 3.8) is 0 Å². The predicted molar refractivity (Wildman–Crippen MR) is 80.4 cm³/mol. The standard InChI is InChI=1S/C11H15NS.C4H4O4/c1-3-9-5-7-11(6-1,12-9)10-4-2-8-13-10;5-3(6)1-2-4(7)8/h2,4,8-9,12H,1,3,5-7H2;1-2H,(H,5,6)(H,7,8)/b;2-1+. The molecule has 21 heavy (non-hydrogen) atoms. The van der Waals surface area contributed by atoms with E-state index in [4.69, 9.17) is 10.2 Å². The number of hydrogen-bond donors (Lipinski definition) is 3. The zero-order valence-electron chi connectivity index (χ0n) is 11.6. The summed E-state index contributed by atoms with van der Waals surface area (Å²) in [6, 6.07) is 5.29. The van der Waals surface area contributed by atoms with Crippen LogP contribution in [0.25, 0.3) is 0 Å². The normalized spacial score (nSPS) is 27.1. The molecule has 2 fully saturated rings. The molecule has 6 heteroatoms. The van der Waals surface area contributed by atoms with Crippen LogP contribution >= 0.6 is 11.3 Å². The van der Waals surface area contributed by atoms with Crippen molar-refractivity contribution in [1.29, 1.82) is 0 Å². The summed E-state index contributed by atoms with van der Waals surface area (Å²) >= 11 is 1.92. The molecule has 1 aromatic rings. The summed E-state index contributed by atoms with van der Waals surface area (Å²) in [7, 11) is 0. The molecule has 0 radical (unpaired) electrons. The van der Waals surface area contributed by atoms with Gasteiger partial charge in [0.25, 0.3) is 0 Å². The average Bonchev–Trinajstić information content (AvgIpc) is 3.07. The third-order valence-corrected chi connectivity index (χ3v) is 4.99. The lowest BCUT2D eigenvalue weighted by Gasteiger charge is -2.33. The molecule has 0 spiro atoms. The van der Waals surface area contributed by atoms with Gasteiger partial charge in [0, 0.05) is 23.1 Å². The smallest absolute Gasteiger partial charge is 0.328 e. The van der Waals surface area contributed by atoms with Crippen molar-refractivity contribution in [2.75, 3.05) is 0 Å². The monoisotopic (exact) mass is 309 g/mol. The fourth-order valence-corrected chi connectivity index (χ4v) is 3.98. The molecule has 0 aromatic carbocycles. The molecule has 3 heterocycles. The molecule has 3 N–H and O–H groups in total. The van der Waals surface area contributed by atoms with Gasteiger partial charge in [-0.1, -0.05) is 6.07 Å². The highest BCUT2D eigenvalue weighted by Gasteiger charge is 2.42. The van der Waals surface area contributed by atoms with E-state index in [1.54, 1.807) is 4.88 Å². The van der Waals surface area contributed by atoms with E-state index in [1.807, 2.05) is 11.3 Å². The first kappa shape index (κ1) is 15.7. The molecule has 0 aliphatic carbocycles. The number of piperidine rings is 1. The lowest BCUT2D eigenvalue weighted by molar-refractivity contribution is -0.134. The second kappa shape index (κ2) is 6.87. The highest BCUT2D eigenvalue weighted by atomic mass is 32.1. The molecule has 5 nitrogen and oxygen atoms in total. The van der Waals surface area contributed by atoms with Gasteiger partial charge in [0.2, 0.25) is 0 Å². The first-order valence-corrected chi connectivity index (χ1v) is 7.85. The van der Waals surface area contributed by atoms with Crippen molar-refractivity contribution < 1.29 is 19.8 Å². The maximum absolute atomic E-state index is 9.55. The quantitative estimate of drug-likeness (QED) is 0.747. The van der Waals surface area contributed by atoms with Gasteiger partial charge < -0.3 is 15.5 Å². The van der Waals surface area contributed by atoms with Crippen LogP contribution in [0.2, 0.25) is 0 Å². The Labute approximate surface area is 127 Å². The van der Waals surface area contributed by atoms with Crippen LogP contribution in [0.15, 0.2) is 29.7 Å². The highest BCUT2D eigenvalue weighted by molar-refractivity contribution is 7.10. The van der Waals surface area contributed by atoms with E-state index in [2.05, 4.69) is 22.8 Å². The topological polar surface area (TPSA) is 86.6 Å². The van der Waals surface area contributed by atoms with Gasteiger partial charge in [-0.05, 0) is 43.6 Å². The zero-order chi connectivity index (χ0) is 15.3. The molecule has 2 atom stereocenters. The Hall–Kier alpha value is -1.66. The van der Waals surface area contributed by atoms with E-state index in [0.717, 1.165) is 6.04 Å². The molecule has 3 rings (SSSR count). The number of nitrogens with one attached hydrogen (secondary N) is 1. The predicted octanol–water partition coefficient (Wildman–Crippen LogP) is 2.59. The Kier molecular flexibility index (Phi) is 5.14. The molecular formula is C15H19NO4S. The van der Waals surface area contributed by atoms with Crippen LogP contribution in [0.5, 0.6) is 0 Å². The molecular weight excluding hydrogens is 290 g/mol. The van der Waals surface area contributed by atoms with Crippen molar-refractivity contribution in [1.82, 2.24) is 5.32 Å². The SMILES string of the molecule is O=C(O)/C=C/C(=O)O.c1csc(C23CCCC(CC2)N3)c1. The van der Waals surface area contributed by atoms with E-state index in [9.17, 15) is 9.59 Å². The Balaban J connectivity index is 0.000000177. The minimum absolute atomic E-state index is 0.386. The number of rotatable bonds is 3. The van der Waals surface area contributed by atoms with Crippen LogP contribution in [0.1, 0.15) is 37.0 Å². The number of carboxylic acids is 2. The van der Waals surface area contributed by atoms with Crippen LogP contribution in [0, 0.1) is 0 Å². The fourth-order valence-electron chi connectivity index (χ4n) is 3.03. The van der Waals surface area contributed by atoms with E-state index >= 15 is 0 Å². The van der Waals surface area contributed by atoms with Gasteiger partial charge in [-0.15, -0.1) is 11.3 Å². The van der Waals surface area contributed by atoms with Crippen molar-refractivity contribution in [2.45, 2.75) is 43.7 Å². The van der Waals surface area contributed by atoms with Crippen molar-refractivity contribution in [3.8, 4) is 0 Å². The van der Waals surface area contributed by atoms with Crippen LogP contribution in [-0.2, 0) is 15.1 Å². The first-order valence-electron chi connectivity index (χ1n) is 6.97. The van der Waals surface area contributed by atoms with E-state index in [0.29, 0.717) is 17.7 Å². The minimum Gasteiger partial charge on any atom is -0.478 e. The number of thiophene rings is 1. The molecule has 0 saturated carbocycles. The summed E-state index contributed by atoms with van der Waals surface area (Å²) in [5.41, 5.74) is 0.386. The van der Waals surface area contributed by atoms with Gasteiger partial charge in [-0.3, -0.25) is 0 Å². The van der Waals surface area contributed by atoms with Gasteiger partial charge >= 0.3 is 11.9 Å². The van der Waals surface area contributed by atoms with Crippen LogP contribution in [0.3, 0.4) is 0 Å². The number of hydrogen-bond acceptors (Lipinski definition) is 4. The minimum atomic E-state index is -1.26. The highest BCUT2D eigenvalue weighted by Crippen LogP contribution is 2.44. The summed E-state index contributed by atoms with van der Waals surface area (Å²) < 4.78 is 0. The van der Waals surface area contributed by atoms with Gasteiger partial charge in [0.15, 0.2) is 0 Å². The summed E-state index contributed by atoms with van der Waals surface area (Å²) in [5.74, 6) is -2.51. The van der Waals surface area contributed by atoms with Crippen LogP contribution in [-0.4, -0.2) is 28.2 Å². The first-order chi connectivity index (χ1) is 10.0. The van der Waals surface area contributed by atoms with E-state index in [1.165, 1.54) is 32.1 Å². The zero-order valence-corrected chi connectivity index (χ0v) is 12.4. The molecule has 0 amide bonds. The average molecular weight is 309 g/mol. The second-order valence-corrected chi connectivity index (χ2v) is 6.29. The summed E-state index contributed by atoms with van der Waals surface area (Å²) in [6.07, 6.45) is 8.02. The van der Waals surface area contributed by atoms with Crippen molar-refractivity contribution >= 4 is 23.3 Å². The van der Waals surface area contributed by atoms with Crippen molar-refractivity contribution in [3.05, 3.63) is 34.5 Å². The van der Waals surface area contributed by atoms with Gasteiger partial charge in [0.1, 0.15) is 0 Å². The Bertz CT molecular complexity index is 506. The lowest BCUT2D eigenvalue weighted by Crippen LogP contribution is -2.43. The largest absolute Gasteiger partial charge is 0.478 e.